The number of rotatable bonds is 9. The van der Waals surface area contributed by atoms with Crippen molar-refractivity contribution in [2.24, 2.45) is 0 Å². The summed E-state index contributed by atoms with van der Waals surface area (Å²) in [5.74, 6) is -0.687. The molecule has 0 saturated carbocycles. The van der Waals surface area contributed by atoms with Crippen molar-refractivity contribution in [3.8, 4) is 34.3 Å². The zero-order valence-corrected chi connectivity index (χ0v) is 22.5. The second-order valence-corrected chi connectivity index (χ2v) is 10.4. The summed E-state index contributed by atoms with van der Waals surface area (Å²) < 4.78 is 116. The number of hydrogen-bond acceptors (Lipinski definition) is 9. The highest BCUT2D eigenvalue weighted by Crippen LogP contribution is 2.32. The maximum absolute atomic E-state index is 12.8. The van der Waals surface area contributed by atoms with Gasteiger partial charge in [-0.3, -0.25) is 4.72 Å². The van der Waals surface area contributed by atoms with Crippen LogP contribution in [0.1, 0.15) is 0 Å². The van der Waals surface area contributed by atoms with Gasteiger partial charge in [-0.05, 0) is 72.8 Å². The number of halogens is 6. The van der Waals surface area contributed by atoms with Gasteiger partial charge >= 0.3 is 12.7 Å². The highest BCUT2D eigenvalue weighted by atomic mass is 32.2. The number of hydrogen-bond donors (Lipinski definition) is 2. The van der Waals surface area contributed by atoms with Crippen LogP contribution >= 0.6 is 0 Å². The van der Waals surface area contributed by atoms with Gasteiger partial charge in [-0.1, -0.05) is 17.3 Å². The van der Waals surface area contributed by atoms with E-state index in [0.717, 1.165) is 24.3 Å². The Morgan fingerprint density at radius 2 is 1.41 bits per heavy atom. The van der Waals surface area contributed by atoms with E-state index in [0.29, 0.717) is 22.6 Å². The number of sulfonamides is 1. The zero-order chi connectivity index (χ0) is 31.5. The third-order valence-electron chi connectivity index (χ3n) is 5.55. The Morgan fingerprint density at radius 3 is 2.09 bits per heavy atom. The molecule has 0 unspecified atom stereocenters. The lowest BCUT2D eigenvalue weighted by Gasteiger charge is -2.14. The van der Waals surface area contributed by atoms with Gasteiger partial charge < -0.3 is 19.3 Å². The van der Waals surface area contributed by atoms with Crippen molar-refractivity contribution in [3.05, 3.63) is 91.1 Å². The quantitative estimate of drug-likeness (QED) is 0.162. The van der Waals surface area contributed by atoms with Crippen LogP contribution in [0.4, 0.5) is 43.5 Å². The number of pyridine rings is 1. The normalized spacial score (nSPS) is 12.0. The molecule has 44 heavy (non-hydrogen) atoms. The van der Waals surface area contributed by atoms with E-state index in [1.165, 1.54) is 54.7 Å². The Balaban J connectivity index is 1.27. The van der Waals surface area contributed by atoms with Gasteiger partial charge in [-0.2, -0.15) is 4.98 Å². The summed E-state index contributed by atoms with van der Waals surface area (Å²) in [6, 6.07) is 18.1. The van der Waals surface area contributed by atoms with Gasteiger partial charge in [0, 0.05) is 28.7 Å². The van der Waals surface area contributed by atoms with E-state index in [-0.39, 0.29) is 23.2 Å². The minimum atomic E-state index is -5.09. The van der Waals surface area contributed by atoms with Crippen molar-refractivity contribution in [1.82, 2.24) is 15.1 Å². The summed E-state index contributed by atoms with van der Waals surface area (Å²) >= 11 is 0. The largest absolute Gasteiger partial charge is 0.573 e. The third kappa shape index (κ3) is 7.74. The maximum Gasteiger partial charge on any atom is 0.573 e. The van der Waals surface area contributed by atoms with Gasteiger partial charge in [0.05, 0.1) is 0 Å². The molecule has 10 nitrogen and oxygen atoms in total. The molecule has 2 heterocycles. The van der Waals surface area contributed by atoms with Gasteiger partial charge in [-0.25, -0.2) is 13.4 Å². The van der Waals surface area contributed by atoms with Crippen LogP contribution in [0.5, 0.6) is 11.5 Å². The average Bonchev–Trinajstić information content (AvgIpc) is 3.44. The van der Waals surface area contributed by atoms with Gasteiger partial charge in [0.25, 0.3) is 15.9 Å². The molecule has 3 aromatic carbocycles. The van der Waals surface area contributed by atoms with Gasteiger partial charge in [0.15, 0.2) is 0 Å². The summed E-state index contributed by atoms with van der Waals surface area (Å²) in [6.07, 6.45) is -8.44. The Hall–Kier alpha value is -5.32. The highest BCUT2D eigenvalue weighted by molar-refractivity contribution is 7.92. The second kappa shape index (κ2) is 11.8. The van der Waals surface area contributed by atoms with E-state index in [1.807, 2.05) is 0 Å². The van der Waals surface area contributed by atoms with Crippen molar-refractivity contribution in [3.63, 3.8) is 0 Å². The Bertz CT molecular complexity index is 1860. The van der Waals surface area contributed by atoms with E-state index < -0.39 is 33.4 Å². The van der Waals surface area contributed by atoms with Crippen LogP contribution in [-0.4, -0.2) is 36.3 Å². The third-order valence-corrected chi connectivity index (χ3v) is 6.97. The molecule has 2 aromatic heterocycles. The molecule has 2 N–H and O–H groups in total. The number of alkyl halides is 6. The Labute approximate surface area is 244 Å². The molecule has 5 aromatic rings. The van der Waals surface area contributed by atoms with Crippen molar-refractivity contribution >= 4 is 27.2 Å². The van der Waals surface area contributed by atoms with E-state index in [1.54, 1.807) is 12.1 Å². The summed E-state index contributed by atoms with van der Waals surface area (Å²) in [6.45, 7) is 0. The smallest absolute Gasteiger partial charge is 0.406 e. The molecule has 0 bridgehead atoms. The van der Waals surface area contributed by atoms with Crippen LogP contribution < -0.4 is 19.5 Å². The molecule has 0 spiro atoms. The number of ether oxygens (including phenoxy) is 2. The number of nitrogens with zero attached hydrogens (tertiary/aromatic N) is 3. The molecule has 5 rings (SSSR count). The molecule has 17 heteroatoms. The molecule has 0 fully saturated rings. The Morgan fingerprint density at radius 1 is 0.750 bits per heavy atom. The maximum atomic E-state index is 12.8. The summed E-state index contributed by atoms with van der Waals surface area (Å²) in [7, 11) is -4.45. The first-order valence-electron chi connectivity index (χ1n) is 12.2. The van der Waals surface area contributed by atoms with Crippen LogP contribution in [0.2, 0.25) is 0 Å². The fourth-order valence-corrected chi connectivity index (χ4v) is 4.94. The summed E-state index contributed by atoms with van der Waals surface area (Å²) in [4.78, 5) is 7.78. The molecule has 0 amide bonds. The zero-order valence-electron chi connectivity index (χ0n) is 21.7. The number of nitrogens with one attached hydrogen (secondary N) is 2. The van der Waals surface area contributed by atoms with E-state index in [9.17, 15) is 34.8 Å². The van der Waals surface area contributed by atoms with Crippen molar-refractivity contribution in [2.75, 3.05) is 10.0 Å². The molecule has 0 atom stereocenters. The van der Waals surface area contributed by atoms with Crippen molar-refractivity contribution in [1.29, 1.82) is 0 Å². The average molecular weight is 638 g/mol. The molecule has 0 saturated heterocycles. The summed E-state index contributed by atoms with van der Waals surface area (Å²) in [5, 5.41) is 6.88. The van der Waals surface area contributed by atoms with Crippen LogP contribution in [0.25, 0.3) is 22.8 Å². The van der Waals surface area contributed by atoms with E-state index in [2.05, 4.69) is 34.6 Å². The standard InChI is InChI=1S/C27H17F6N5O5S/c28-26(29,30)41-20-11-9-18(10-12-20)35-23-15-17(13-14-34-23)24-36-25(43-37-24)16-5-7-19(8-6-16)38-44(39,40)22-4-2-1-3-21(22)42-27(31,32)33/h1-15,38H,(H,34,35). The van der Waals surface area contributed by atoms with Crippen LogP contribution in [-0.2, 0) is 10.0 Å². The number of anilines is 3. The second-order valence-electron chi connectivity index (χ2n) is 8.73. The lowest BCUT2D eigenvalue weighted by molar-refractivity contribution is -0.276. The molecule has 0 radical (unpaired) electrons. The molecular formula is C27H17F6N5O5S. The van der Waals surface area contributed by atoms with Crippen LogP contribution in [0.3, 0.4) is 0 Å². The Kier molecular flexibility index (Phi) is 8.05. The topological polar surface area (TPSA) is 128 Å². The minimum Gasteiger partial charge on any atom is -0.406 e. The first kappa shape index (κ1) is 30.1. The van der Waals surface area contributed by atoms with Gasteiger partial charge in [-0.15, -0.1) is 26.3 Å². The van der Waals surface area contributed by atoms with Crippen LogP contribution in [0.15, 0.2) is 101 Å². The molecule has 228 valence electrons. The predicted molar refractivity (Wildman–Crippen MR) is 143 cm³/mol. The van der Waals surface area contributed by atoms with Crippen molar-refractivity contribution < 1.29 is 48.8 Å². The number of para-hydroxylation sites is 1. The first-order valence-corrected chi connectivity index (χ1v) is 13.6. The first-order chi connectivity index (χ1) is 20.7. The number of aromatic nitrogens is 3. The minimum absolute atomic E-state index is 0.0400. The SMILES string of the molecule is O=S(=O)(Nc1ccc(-c2nc(-c3ccnc(Nc4ccc(OC(F)(F)F)cc4)c3)no2)cc1)c1ccccc1OC(F)(F)F. The monoisotopic (exact) mass is 637 g/mol. The predicted octanol–water partition coefficient (Wildman–Crippen LogP) is 7.14. The summed E-state index contributed by atoms with van der Waals surface area (Å²) in [5.41, 5.74) is 1.36. The van der Waals surface area contributed by atoms with E-state index >= 15 is 0 Å². The fraction of sp³-hybridized carbons (Fsp3) is 0.0741. The van der Waals surface area contributed by atoms with Crippen molar-refractivity contribution in [2.45, 2.75) is 17.6 Å². The van der Waals surface area contributed by atoms with Gasteiger partial charge in [0.1, 0.15) is 22.2 Å². The molecule has 0 aliphatic rings. The van der Waals surface area contributed by atoms with Gasteiger partial charge in [0.2, 0.25) is 5.82 Å². The highest BCUT2D eigenvalue weighted by Gasteiger charge is 2.34. The molecule has 0 aliphatic carbocycles. The number of benzene rings is 3. The molecule has 0 aliphatic heterocycles. The lowest BCUT2D eigenvalue weighted by Crippen LogP contribution is -2.20. The lowest BCUT2D eigenvalue weighted by atomic mass is 10.2. The van der Waals surface area contributed by atoms with E-state index in [4.69, 9.17) is 4.52 Å². The molecular weight excluding hydrogens is 620 g/mol. The van der Waals surface area contributed by atoms with Crippen LogP contribution in [0, 0.1) is 0 Å². The fourth-order valence-electron chi connectivity index (χ4n) is 3.76.